The molecule has 0 radical (unpaired) electrons. The van der Waals surface area contributed by atoms with E-state index < -0.39 is 0 Å². The predicted octanol–water partition coefficient (Wildman–Crippen LogP) is 0.0321. The van der Waals surface area contributed by atoms with Gasteiger partial charge in [0.2, 0.25) is 0 Å². The van der Waals surface area contributed by atoms with E-state index in [1.165, 1.54) is 25.9 Å². The average molecular weight is 183 g/mol. The molecule has 0 saturated carbocycles. The summed E-state index contributed by atoms with van der Waals surface area (Å²) in [5.74, 6) is 0. The Bertz CT molecular complexity index is 150. The van der Waals surface area contributed by atoms with Crippen LogP contribution in [0.1, 0.15) is 19.8 Å². The maximum atomic E-state index is 3.59. The number of hydrogen-bond acceptors (Lipinski definition) is 3. The first-order valence-electron chi connectivity index (χ1n) is 5.54. The number of hydrogen-bond donors (Lipinski definition) is 2. The molecule has 2 N–H and O–H groups in total. The molecule has 2 aliphatic rings. The van der Waals surface area contributed by atoms with Crippen LogP contribution in [0.25, 0.3) is 0 Å². The van der Waals surface area contributed by atoms with Gasteiger partial charge >= 0.3 is 0 Å². The van der Waals surface area contributed by atoms with Crippen LogP contribution < -0.4 is 10.6 Å². The molecule has 1 unspecified atom stereocenters. The normalized spacial score (nSPS) is 27.5. The second-order valence-corrected chi connectivity index (χ2v) is 4.36. The lowest BCUT2D eigenvalue weighted by atomic mass is 10.1. The fraction of sp³-hybridized carbons (Fsp3) is 1.00. The van der Waals surface area contributed by atoms with Gasteiger partial charge in [-0.15, -0.1) is 0 Å². The molecule has 3 heteroatoms. The smallest absolute Gasteiger partial charge is 0.0318 e. The summed E-state index contributed by atoms with van der Waals surface area (Å²) in [4.78, 5) is 2.60. The van der Waals surface area contributed by atoms with Crippen LogP contribution >= 0.6 is 0 Å². The van der Waals surface area contributed by atoms with Gasteiger partial charge in [-0.25, -0.2) is 0 Å². The van der Waals surface area contributed by atoms with Crippen molar-refractivity contribution in [3.05, 3.63) is 0 Å². The molecule has 0 aromatic rings. The molecular formula is C10H21N3. The minimum absolute atomic E-state index is 0.725. The molecule has 0 spiro atoms. The van der Waals surface area contributed by atoms with E-state index in [2.05, 4.69) is 22.5 Å². The van der Waals surface area contributed by atoms with Crippen molar-refractivity contribution < 1.29 is 0 Å². The molecule has 0 bridgehead atoms. The zero-order valence-electron chi connectivity index (χ0n) is 8.55. The molecule has 0 aromatic heterocycles. The van der Waals surface area contributed by atoms with E-state index in [0.717, 1.165) is 31.7 Å². The topological polar surface area (TPSA) is 27.3 Å². The van der Waals surface area contributed by atoms with Crippen molar-refractivity contribution in [3.63, 3.8) is 0 Å². The Labute approximate surface area is 80.9 Å². The molecule has 0 amide bonds. The lowest BCUT2D eigenvalue weighted by Gasteiger charge is -2.31. The van der Waals surface area contributed by atoms with E-state index in [4.69, 9.17) is 0 Å². The Hall–Kier alpha value is -0.120. The number of nitrogens with zero attached hydrogens (tertiary/aromatic N) is 1. The number of rotatable bonds is 4. The van der Waals surface area contributed by atoms with Gasteiger partial charge in [-0.05, 0) is 32.9 Å². The van der Waals surface area contributed by atoms with Crippen LogP contribution in [-0.4, -0.2) is 49.7 Å². The summed E-state index contributed by atoms with van der Waals surface area (Å²) in [6.07, 6.45) is 2.80. The van der Waals surface area contributed by atoms with Crippen molar-refractivity contribution in [1.82, 2.24) is 15.5 Å². The van der Waals surface area contributed by atoms with E-state index >= 15 is 0 Å². The van der Waals surface area contributed by atoms with Gasteiger partial charge in [0.1, 0.15) is 0 Å². The van der Waals surface area contributed by atoms with Crippen LogP contribution in [-0.2, 0) is 0 Å². The highest BCUT2D eigenvalue weighted by molar-refractivity contribution is 4.84. The highest BCUT2D eigenvalue weighted by atomic mass is 15.2. The molecule has 0 aromatic carbocycles. The first-order chi connectivity index (χ1) is 6.36. The molecule has 3 nitrogen and oxygen atoms in total. The molecule has 2 heterocycles. The third-order valence-corrected chi connectivity index (χ3v) is 3.25. The maximum Gasteiger partial charge on any atom is 0.0318 e. The summed E-state index contributed by atoms with van der Waals surface area (Å²) in [5, 5.41) is 6.87. The van der Waals surface area contributed by atoms with Crippen molar-refractivity contribution in [2.24, 2.45) is 0 Å². The minimum atomic E-state index is 0.725. The van der Waals surface area contributed by atoms with Crippen LogP contribution in [0.5, 0.6) is 0 Å². The summed E-state index contributed by atoms with van der Waals surface area (Å²) in [6.45, 7) is 8.44. The monoisotopic (exact) mass is 183 g/mol. The van der Waals surface area contributed by atoms with Gasteiger partial charge in [0.05, 0.1) is 0 Å². The first kappa shape index (κ1) is 9.44. The van der Waals surface area contributed by atoms with Crippen molar-refractivity contribution in [3.8, 4) is 0 Å². The quantitative estimate of drug-likeness (QED) is 0.644. The molecule has 2 fully saturated rings. The van der Waals surface area contributed by atoms with Gasteiger partial charge in [0, 0.05) is 31.7 Å². The van der Waals surface area contributed by atoms with E-state index in [0.29, 0.717) is 0 Å². The van der Waals surface area contributed by atoms with Gasteiger partial charge < -0.3 is 10.6 Å². The van der Waals surface area contributed by atoms with Crippen LogP contribution in [0.3, 0.4) is 0 Å². The molecule has 76 valence electrons. The fourth-order valence-corrected chi connectivity index (χ4v) is 2.08. The summed E-state index contributed by atoms with van der Waals surface area (Å²) < 4.78 is 0. The van der Waals surface area contributed by atoms with E-state index in [1.807, 2.05) is 0 Å². The molecule has 2 aliphatic heterocycles. The fourth-order valence-electron chi connectivity index (χ4n) is 2.08. The van der Waals surface area contributed by atoms with E-state index in [-0.39, 0.29) is 0 Å². The maximum absolute atomic E-state index is 3.59. The summed E-state index contributed by atoms with van der Waals surface area (Å²) in [6, 6.07) is 1.47. The number of nitrogens with one attached hydrogen (secondary N) is 2. The second-order valence-electron chi connectivity index (χ2n) is 4.36. The van der Waals surface area contributed by atoms with Gasteiger partial charge in [-0.3, -0.25) is 4.90 Å². The second kappa shape index (κ2) is 4.40. The Morgan fingerprint density at radius 2 is 2.08 bits per heavy atom. The average Bonchev–Trinajstić information content (AvgIpc) is 2.52. The van der Waals surface area contributed by atoms with Crippen molar-refractivity contribution >= 4 is 0 Å². The third-order valence-electron chi connectivity index (χ3n) is 3.25. The summed E-state index contributed by atoms with van der Waals surface area (Å²) >= 11 is 0. The highest BCUT2D eigenvalue weighted by Gasteiger charge is 2.20. The van der Waals surface area contributed by atoms with Gasteiger partial charge in [-0.2, -0.15) is 0 Å². The van der Waals surface area contributed by atoms with Crippen molar-refractivity contribution in [2.75, 3.05) is 32.7 Å². The van der Waals surface area contributed by atoms with Gasteiger partial charge in [0.25, 0.3) is 0 Å². The molecule has 2 saturated heterocycles. The van der Waals surface area contributed by atoms with Crippen LogP contribution in [0.2, 0.25) is 0 Å². The molecule has 13 heavy (non-hydrogen) atoms. The number of likely N-dealkylation sites (tertiary alicyclic amines) is 1. The van der Waals surface area contributed by atoms with Gasteiger partial charge in [0.15, 0.2) is 0 Å². The van der Waals surface area contributed by atoms with Crippen molar-refractivity contribution in [2.45, 2.75) is 31.8 Å². The Kier molecular flexibility index (Phi) is 3.19. The van der Waals surface area contributed by atoms with E-state index in [1.54, 1.807) is 0 Å². The van der Waals surface area contributed by atoms with Crippen LogP contribution in [0, 0.1) is 0 Å². The lowest BCUT2D eigenvalue weighted by Crippen LogP contribution is -2.57. The summed E-state index contributed by atoms with van der Waals surface area (Å²) in [5.41, 5.74) is 0. The molecule has 0 aliphatic carbocycles. The minimum Gasteiger partial charge on any atom is -0.314 e. The Morgan fingerprint density at radius 3 is 2.62 bits per heavy atom. The Balaban J connectivity index is 1.62. The standard InChI is InChI=1S/C10H21N3/c1-9(13-4-2-3-5-13)6-12-10-7-11-8-10/h9-12H,2-8H2,1H3. The molecule has 2 rings (SSSR count). The zero-order valence-corrected chi connectivity index (χ0v) is 8.55. The van der Waals surface area contributed by atoms with Gasteiger partial charge in [-0.1, -0.05) is 0 Å². The SMILES string of the molecule is CC(CNC1CNC1)N1CCCC1. The van der Waals surface area contributed by atoms with Crippen molar-refractivity contribution in [1.29, 1.82) is 0 Å². The molecular weight excluding hydrogens is 162 g/mol. The largest absolute Gasteiger partial charge is 0.314 e. The zero-order chi connectivity index (χ0) is 9.10. The van der Waals surface area contributed by atoms with Crippen LogP contribution in [0.15, 0.2) is 0 Å². The van der Waals surface area contributed by atoms with Crippen LogP contribution in [0.4, 0.5) is 0 Å². The summed E-state index contributed by atoms with van der Waals surface area (Å²) in [7, 11) is 0. The highest BCUT2D eigenvalue weighted by Crippen LogP contribution is 2.10. The van der Waals surface area contributed by atoms with E-state index in [9.17, 15) is 0 Å². The predicted molar refractivity (Wildman–Crippen MR) is 54.9 cm³/mol. The third kappa shape index (κ3) is 2.42. The lowest BCUT2D eigenvalue weighted by molar-refractivity contribution is 0.235. The molecule has 1 atom stereocenters. The Morgan fingerprint density at radius 1 is 1.38 bits per heavy atom. The first-order valence-corrected chi connectivity index (χ1v) is 5.54.